The molecule has 0 unspecified atom stereocenters. The SMILES string of the molecule is Cc1nc(CNC(=O)c2cccc(C(N)=O)c2C)cs1. The molecule has 5 nitrogen and oxygen atoms in total. The van der Waals surface area contributed by atoms with Gasteiger partial charge in [0.15, 0.2) is 0 Å². The number of aryl methyl sites for hydroxylation is 1. The van der Waals surface area contributed by atoms with Crippen LogP contribution in [-0.2, 0) is 6.54 Å². The maximum absolute atomic E-state index is 12.1. The van der Waals surface area contributed by atoms with Gasteiger partial charge in [0.05, 0.1) is 17.2 Å². The highest BCUT2D eigenvalue weighted by atomic mass is 32.1. The highest BCUT2D eigenvalue weighted by Gasteiger charge is 2.14. The zero-order valence-corrected chi connectivity index (χ0v) is 12.1. The standard InChI is InChI=1S/C14H15N3O2S/c1-8-11(13(15)18)4-3-5-12(8)14(19)16-6-10-7-20-9(2)17-10/h3-5,7H,6H2,1-2H3,(H2,15,18)(H,16,19). The summed E-state index contributed by atoms with van der Waals surface area (Å²) in [6.07, 6.45) is 0. The average molecular weight is 289 g/mol. The molecule has 0 bridgehead atoms. The van der Waals surface area contributed by atoms with Gasteiger partial charge in [0, 0.05) is 16.5 Å². The second kappa shape index (κ2) is 5.83. The molecular weight excluding hydrogens is 274 g/mol. The number of amides is 2. The van der Waals surface area contributed by atoms with E-state index >= 15 is 0 Å². The Hall–Kier alpha value is -2.21. The van der Waals surface area contributed by atoms with Gasteiger partial charge in [-0.15, -0.1) is 11.3 Å². The van der Waals surface area contributed by atoms with Crippen LogP contribution in [0.1, 0.15) is 37.0 Å². The lowest BCUT2D eigenvalue weighted by molar-refractivity contribution is 0.0950. The summed E-state index contributed by atoms with van der Waals surface area (Å²) in [5.74, 6) is -0.775. The van der Waals surface area contributed by atoms with Crippen LogP contribution in [0.5, 0.6) is 0 Å². The van der Waals surface area contributed by atoms with E-state index in [9.17, 15) is 9.59 Å². The molecule has 0 spiro atoms. The molecule has 0 atom stereocenters. The van der Waals surface area contributed by atoms with Crippen LogP contribution in [0, 0.1) is 13.8 Å². The van der Waals surface area contributed by atoms with Crippen molar-refractivity contribution in [3.05, 3.63) is 51.0 Å². The van der Waals surface area contributed by atoms with Crippen molar-refractivity contribution in [2.45, 2.75) is 20.4 Å². The molecule has 20 heavy (non-hydrogen) atoms. The van der Waals surface area contributed by atoms with Crippen LogP contribution in [0.25, 0.3) is 0 Å². The Morgan fingerprint density at radius 1 is 1.30 bits per heavy atom. The summed E-state index contributed by atoms with van der Waals surface area (Å²) in [6.45, 7) is 3.99. The van der Waals surface area contributed by atoms with Crippen LogP contribution >= 0.6 is 11.3 Å². The maximum atomic E-state index is 12.1. The largest absolute Gasteiger partial charge is 0.366 e. The van der Waals surface area contributed by atoms with Gasteiger partial charge >= 0.3 is 0 Å². The van der Waals surface area contributed by atoms with Crippen molar-refractivity contribution in [3.8, 4) is 0 Å². The number of nitrogens with two attached hydrogens (primary N) is 1. The molecule has 1 aromatic heterocycles. The predicted molar refractivity (Wildman–Crippen MR) is 77.7 cm³/mol. The third-order valence-electron chi connectivity index (χ3n) is 2.94. The minimum atomic E-state index is -0.535. The normalized spacial score (nSPS) is 10.3. The van der Waals surface area contributed by atoms with Gasteiger partial charge in [-0.3, -0.25) is 9.59 Å². The van der Waals surface area contributed by atoms with E-state index in [1.54, 1.807) is 25.1 Å². The first-order valence-corrected chi connectivity index (χ1v) is 6.95. The van der Waals surface area contributed by atoms with Crippen molar-refractivity contribution in [3.63, 3.8) is 0 Å². The van der Waals surface area contributed by atoms with E-state index < -0.39 is 5.91 Å². The Morgan fingerprint density at radius 3 is 2.60 bits per heavy atom. The smallest absolute Gasteiger partial charge is 0.251 e. The van der Waals surface area contributed by atoms with Gasteiger partial charge in [-0.1, -0.05) is 6.07 Å². The summed E-state index contributed by atoms with van der Waals surface area (Å²) in [5, 5.41) is 5.65. The molecule has 104 valence electrons. The van der Waals surface area contributed by atoms with Gasteiger partial charge < -0.3 is 11.1 Å². The van der Waals surface area contributed by atoms with Crippen LogP contribution in [0.3, 0.4) is 0 Å². The van der Waals surface area contributed by atoms with Crippen molar-refractivity contribution < 1.29 is 9.59 Å². The van der Waals surface area contributed by atoms with E-state index in [1.165, 1.54) is 11.3 Å². The van der Waals surface area contributed by atoms with Crippen molar-refractivity contribution in [1.82, 2.24) is 10.3 Å². The van der Waals surface area contributed by atoms with Crippen LogP contribution in [0.2, 0.25) is 0 Å². The quantitative estimate of drug-likeness (QED) is 0.899. The summed E-state index contributed by atoms with van der Waals surface area (Å²) in [4.78, 5) is 27.7. The lowest BCUT2D eigenvalue weighted by Crippen LogP contribution is -2.25. The molecule has 1 aromatic carbocycles. The number of thiazole rings is 1. The van der Waals surface area contributed by atoms with Crippen LogP contribution in [0.15, 0.2) is 23.6 Å². The molecule has 2 rings (SSSR count). The number of carbonyl (C=O) groups is 2. The van der Waals surface area contributed by atoms with Gasteiger partial charge in [-0.2, -0.15) is 0 Å². The Labute approximate surface area is 120 Å². The molecule has 6 heteroatoms. The van der Waals surface area contributed by atoms with Crippen molar-refractivity contribution >= 4 is 23.2 Å². The van der Waals surface area contributed by atoms with E-state index in [-0.39, 0.29) is 5.91 Å². The lowest BCUT2D eigenvalue weighted by Gasteiger charge is -2.09. The van der Waals surface area contributed by atoms with E-state index in [0.29, 0.717) is 23.2 Å². The van der Waals surface area contributed by atoms with Gasteiger partial charge in [-0.05, 0) is 31.5 Å². The summed E-state index contributed by atoms with van der Waals surface area (Å²) >= 11 is 1.54. The number of hydrogen-bond acceptors (Lipinski definition) is 4. The molecule has 2 amide bonds. The molecule has 0 aliphatic rings. The molecular formula is C14H15N3O2S. The second-order valence-electron chi connectivity index (χ2n) is 4.38. The number of nitrogens with one attached hydrogen (secondary N) is 1. The number of benzene rings is 1. The van der Waals surface area contributed by atoms with Crippen LogP contribution in [-0.4, -0.2) is 16.8 Å². The number of carbonyl (C=O) groups excluding carboxylic acids is 2. The van der Waals surface area contributed by atoms with E-state index in [0.717, 1.165) is 10.7 Å². The summed E-state index contributed by atoms with van der Waals surface area (Å²) < 4.78 is 0. The first kappa shape index (κ1) is 14.2. The summed E-state index contributed by atoms with van der Waals surface area (Å²) in [7, 11) is 0. The van der Waals surface area contributed by atoms with Gasteiger partial charge in [0.2, 0.25) is 5.91 Å². The van der Waals surface area contributed by atoms with Crippen molar-refractivity contribution in [1.29, 1.82) is 0 Å². The van der Waals surface area contributed by atoms with Gasteiger partial charge in [0.25, 0.3) is 5.91 Å². The summed E-state index contributed by atoms with van der Waals surface area (Å²) in [6, 6.07) is 4.93. The fourth-order valence-corrected chi connectivity index (χ4v) is 2.52. The fraction of sp³-hybridized carbons (Fsp3) is 0.214. The highest BCUT2D eigenvalue weighted by molar-refractivity contribution is 7.09. The van der Waals surface area contributed by atoms with Gasteiger partial charge in [-0.25, -0.2) is 4.98 Å². The zero-order chi connectivity index (χ0) is 14.7. The van der Waals surface area contributed by atoms with Crippen molar-refractivity contribution in [2.75, 3.05) is 0 Å². The molecule has 1 heterocycles. The van der Waals surface area contributed by atoms with E-state index in [1.807, 2.05) is 12.3 Å². The van der Waals surface area contributed by atoms with Crippen LogP contribution in [0.4, 0.5) is 0 Å². The third kappa shape index (κ3) is 3.03. The number of nitrogens with zero attached hydrogens (tertiary/aromatic N) is 1. The number of hydrogen-bond donors (Lipinski definition) is 2. The molecule has 0 aliphatic carbocycles. The minimum absolute atomic E-state index is 0.240. The molecule has 0 radical (unpaired) electrons. The maximum Gasteiger partial charge on any atom is 0.251 e. The Kier molecular flexibility index (Phi) is 4.14. The lowest BCUT2D eigenvalue weighted by atomic mass is 10.0. The monoisotopic (exact) mass is 289 g/mol. The zero-order valence-electron chi connectivity index (χ0n) is 11.3. The number of primary amides is 1. The minimum Gasteiger partial charge on any atom is -0.366 e. The van der Waals surface area contributed by atoms with Crippen molar-refractivity contribution in [2.24, 2.45) is 5.73 Å². The third-order valence-corrected chi connectivity index (χ3v) is 3.76. The second-order valence-corrected chi connectivity index (χ2v) is 5.45. The molecule has 3 N–H and O–H groups in total. The molecule has 0 saturated carbocycles. The average Bonchev–Trinajstić information content (AvgIpc) is 2.81. The molecule has 2 aromatic rings. The first-order valence-electron chi connectivity index (χ1n) is 6.07. The predicted octanol–water partition coefficient (Wildman–Crippen LogP) is 1.79. The molecule has 0 saturated heterocycles. The Morgan fingerprint density at radius 2 is 2.00 bits per heavy atom. The topological polar surface area (TPSA) is 85.1 Å². The first-order chi connectivity index (χ1) is 9.49. The van der Waals surface area contributed by atoms with E-state index in [4.69, 9.17) is 5.73 Å². The highest BCUT2D eigenvalue weighted by Crippen LogP contribution is 2.14. The Bertz CT molecular complexity index is 664. The number of aromatic nitrogens is 1. The molecule has 0 aliphatic heterocycles. The Balaban J connectivity index is 2.13. The fourth-order valence-electron chi connectivity index (χ4n) is 1.90. The number of rotatable bonds is 4. The van der Waals surface area contributed by atoms with Crippen LogP contribution < -0.4 is 11.1 Å². The summed E-state index contributed by atoms with van der Waals surface area (Å²) in [5.41, 5.74) is 7.50. The van der Waals surface area contributed by atoms with E-state index in [2.05, 4.69) is 10.3 Å². The van der Waals surface area contributed by atoms with Gasteiger partial charge in [0.1, 0.15) is 0 Å². The molecule has 0 fully saturated rings.